The average molecular weight is 244 g/mol. The van der Waals surface area contributed by atoms with Gasteiger partial charge in [0, 0.05) is 31.7 Å². The van der Waals surface area contributed by atoms with E-state index in [4.69, 9.17) is 4.74 Å². The zero-order valence-corrected chi connectivity index (χ0v) is 11.9. The topological polar surface area (TPSA) is 50.4 Å². The van der Waals surface area contributed by atoms with E-state index in [0.29, 0.717) is 25.5 Å². The molecule has 0 rings (SSSR count). The molecule has 0 spiro atoms. The maximum atomic E-state index is 11.5. The van der Waals surface area contributed by atoms with Crippen LogP contribution < -0.4 is 10.6 Å². The highest BCUT2D eigenvalue weighted by molar-refractivity contribution is 5.76. The first-order valence-corrected chi connectivity index (χ1v) is 6.41. The van der Waals surface area contributed by atoms with Crippen LogP contribution in [-0.4, -0.2) is 37.7 Å². The van der Waals surface area contributed by atoms with Crippen LogP contribution in [0.2, 0.25) is 0 Å². The zero-order valence-electron chi connectivity index (χ0n) is 11.9. The Morgan fingerprint density at radius 1 is 1.24 bits per heavy atom. The van der Waals surface area contributed by atoms with Crippen LogP contribution in [0.4, 0.5) is 0 Å². The lowest BCUT2D eigenvalue weighted by atomic mass is 10.1. The molecule has 0 aromatic carbocycles. The molecule has 0 unspecified atom stereocenters. The monoisotopic (exact) mass is 244 g/mol. The third kappa shape index (κ3) is 13.3. The summed E-state index contributed by atoms with van der Waals surface area (Å²) < 4.78 is 5.42. The van der Waals surface area contributed by atoms with Crippen LogP contribution >= 0.6 is 0 Å². The third-order valence-corrected chi connectivity index (χ3v) is 1.92. The average Bonchev–Trinajstić information content (AvgIpc) is 2.12. The van der Waals surface area contributed by atoms with Gasteiger partial charge in [0.1, 0.15) is 0 Å². The Morgan fingerprint density at radius 2 is 1.88 bits per heavy atom. The number of rotatable bonds is 8. The number of ether oxygens (including phenoxy) is 1. The van der Waals surface area contributed by atoms with Gasteiger partial charge >= 0.3 is 0 Å². The van der Waals surface area contributed by atoms with E-state index in [1.54, 1.807) is 0 Å². The number of hydrogen-bond acceptors (Lipinski definition) is 3. The van der Waals surface area contributed by atoms with Crippen LogP contribution in [0.3, 0.4) is 0 Å². The Balaban J connectivity index is 3.31. The normalized spacial score (nSPS) is 11.9. The number of nitrogens with one attached hydrogen (secondary N) is 2. The quantitative estimate of drug-likeness (QED) is 0.637. The number of carbonyl (C=O) groups excluding carboxylic acids is 1. The van der Waals surface area contributed by atoms with Crippen LogP contribution in [0, 0.1) is 5.92 Å². The third-order valence-electron chi connectivity index (χ3n) is 1.92. The number of hydrogen-bond donors (Lipinski definition) is 2. The molecule has 0 aliphatic carbocycles. The van der Waals surface area contributed by atoms with Crippen molar-refractivity contribution in [2.45, 2.75) is 46.6 Å². The van der Waals surface area contributed by atoms with Crippen LogP contribution in [0.15, 0.2) is 0 Å². The SMILES string of the molecule is CC(C)COCCNCCC(=O)NC(C)(C)C. The molecule has 0 fully saturated rings. The van der Waals surface area contributed by atoms with Gasteiger partial charge in [-0.2, -0.15) is 0 Å². The van der Waals surface area contributed by atoms with E-state index >= 15 is 0 Å². The van der Waals surface area contributed by atoms with Crippen molar-refractivity contribution in [1.29, 1.82) is 0 Å². The molecule has 0 saturated carbocycles. The fourth-order valence-corrected chi connectivity index (χ4v) is 1.27. The van der Waals surface area contributed by atoms with Crippen molar-refractivity contribution in [2.75, 3.05) is 26.3 Å². The zero-order chi connectivity index (χ0) is 13.3. The second-order valence-electron chi connectivity index (χ2n) is 5.77. The van der Waals surface area contributed by atoms with Gasteiger partial charge in [0.05, 0.1) is 6.61 Å². The highest BCUT2D eigenvalue weighted by Gasteiger charge is 2.12. The molecule has 0 atom stereocenters. The van der Waals surface area contributed by atoms with Crippen LogP contribution in [0.1, 0.15) is 41.0 Å². The van der Waals surface area contributed by atoms with Gasteiger partial charge in [-0.05, 0) is 26.7 Å². The molecule has 0 aromatic rings. The Morgan fingerprint density at radius 3 is 2.41 bits per heavy atom. The van der Waals surface area contributed by atoms with Gasteiger partial charge in [-0.3, -0.25) is 4.79 Å². The largest absolute Gasteiger partial charge is 0.380 e. The van der Waals surface area contributed by atoms with Crippen molar-refractivity contribution in [1.82, 2.24) is 10.6 Å². The van der Waals surface area contributed by atoms with Crippen molar-refractivity contribution in [3.05, 3.63) is 0 Å². The smallest absolute Gasteiger partial charge is 0.221 e. The predicted molar refractivity (Wildman–Crippen MR) is 71.0 cm³/mol. The lowest BCUT2D eigenvalue weighted by Crippen LogP contribution is -2.41. The van der Waals surface area contributed by atoms with Crippen LogP contribution in [-0.2, 0) is 9.53 Å². The molecule has 4 heteroatoms. The Bertz CT molecular complexity index is 210. The molecular weight excluding hydrogens is 216 g/mol. The molecule has 2 N–H and O–H groups in total. The molecular formula is C13H28N2O2. The van der Waals surface area contributed by atoms with E-state index < -0.39 is 0 Å². The summed E-state index contributed by atoms with van der Waals surface area (Å²) in [4.78, 5) is 11.5. The Labute approximate surface area is 105 Å². The van der Waals surface area contributed by atoms with Gasteiger partial charge in [0.15, 0.2) is 0 Å². The summed E-state index contributed by atoms with van der Waals surface area (Å²) in [5, 5.41) is 6.12. The second-order valence-corrected chi connectivity index (χ2v) is 5.77. The lowest BCUT2D eigenvalue weighted by Gasteiger charge is -2.20. The maximum absolute atomic E-state index is 11.5. The molecule has 0 radical (unpaired) electrons. The minimum absolute atomic E-state index is 0.0908. The van der Waals surface area contributed by atoms with E-state index in [-0.39, 0.29) is 11.4 Å². The number of carbonyl (C=O) groups is 1. The van der Waals surface area contributed by atoms with Gasteiger partial charge in [-0.25, -0.2) is 0 Å². The summed E-state index contributed by atoms with van der Waals surface area (Å²) in [7, 11) is 0. The fraction of sp³-hybridized carbons (Fsp3) is 0.923. The van der Waals surface area contributed by atoms with E-state index in [9.17, 15) is 4.79 Å². The molecule has 0 aliphatic heterocycles. The first-order valence-electron chi connectivity index (χ1n) is 6.41. The Hall–Kier alpha value is -0.610. The van der Waals surface area contributed by atoms with Crippen LogP contribution in [0.25, 0.3) is 0 Å². The van der Waals surface area contributed by atoms with Gasteiger partial charge in [-0.1, -0.05) is 13.8 Å². The molecule has 102 valence electrons. The standard InChI is InChI=1S/C13H28N2O2/c1-11(2)10-17-9-8-14-7-6-12(16)15-13(3,4)5/h11,14H,6-10H2,1-5H3,(H,15,16). The first kappa shape index (κ1) is 16.4. The minimum atomic E-state index is -0.141. The molecule has 0 saturated heterocycles. The van der Waals surface area contributed by atoms with Crippen molar-refractivity contribution in [2.24, 2.45) is 5.92 Å². The maximum Gasteiger partial charge on any atom is 0.221 e. The summed E-state index contributed by atoms with van der Waals surface area (Å²) in [6.07, 6.45) is 0.515. The molecule has 0 heterocycles. The van der Waals surface area contributed by atoms with E-state index in [2.05, 4.69) is 24.5 Å². The summed E-state index contributed by atoms with van der Waals surface area (Å²) in [5.41, 5.74) is -0.141. The lowest BCUT2D eigenvalue weighted by molar-refractivity contribution is -0.122. The van der Waals surface area contributed by atoms with E-state index in [1.807, 2.05) is 20.8 Å². The summed E-state index contributed by atoms with van der Waals surface area (Å²) in [5.74, 6) is 0.667. The molecule has 0 bridgehead atoms. The summed E-state index contributed by atoms with van der Waals surface area (Å²) in [6.45, 7) is 13.2. The van der Waals surface area contributed by atoms with E-state index in [0.717, 1.165) is 13.2 Å². The van der Waals surface area contributed by atoms with Crippen molar-refractivity contribution < 1.29 is 9.53 Å². The molecule has 0 aliphatic rings. The Kier molecular flexibility index (Phi) is 8.17. The summed E-state index contributed by atoms with van der Waals surface area (Å²) in [6, 6.07) is 0. The molecule has 1 amide bonds. The number of amides is 1. The van der Waals surface area contributed by atoms with Crippen molar-refractivity contribution >= 4 is 5.91 Å². The second kappa shape index (κ2) is 8.48. The van der Waals surface area contributed by atoms with Gasteiger partial charge in [0.2, 0.25) is 5.91 Å². The highest BCUT2D eigenvalue weighted by Crippen LogP contribution is 1.98. The predicted octanol–water partition coefficient (Wildman–Crippen LogP) is 1.55. The van der Waals surface area contributed by atoms with E-state index in [1.165, 1.54) is 0 Å². The molecule has 0 aromatic heterocycles. The molecule has 17 heavy (non-hydrogen) atoms. The molecule has 4 nitrogen and oxygen atoms in total. The highest BCUT2D eigenvalue weighted by atomic mass is 16.5. The van der Waals surface area contributed by atoms with Gasteiger partial charge in [0.25, 0.3) is 0 Å². The van der Waals surface area contributed by atoms with Gasteiger partial charge < -0.3 is 15.4 Å². The first-order chi connectivity index (χ1) is 7.81. The van der Waals surface area contributed by atoms with Crippen LogP contribution in [0.5, 0.6) is 0 Å². The van der Waals surface area contributed by atoms with Crippen molar-refractivity contribution in [3.8, 4) is 0 Å². The van der Waals surface area contributed by atoms with Crippen molar-refractivity contribution in [3.63, 3.8) is 0 Å². The minimum Gasteiger partial charge on any atom is -0.380 e. The van der Waals surface area contributed by atoms with Gasteiger partial charge in [-0.15, -0.1) is 0 Å². The summed E-state index contributed by atoms with van der Waals surface area (Å²) >= 11 is 0. The fourth-order valence-electron chi connectivity index (χ4n) is 1.27.